The molecule has 1 aliphatic heterocycles. The molecule has 0 spiro atoms. The van der Waals surface area contributed by atoms with Crippen LogP contribution < -0.4 is 5.32 Å². The van der Waals surface area contributed by atoms with E-state index in [1.165, 1.54) is 12.1 Å². The molecule has 0 atom stereocenters. The lowest BCUT2D eigenvalue weighted by atomic mass is 9.74. The van der Waals surface area contributed by atoms with Gasteiger partial charge in [-0.3, -0.25) is 0 Å². The van der Waals surface area contributed by atoms with Crippen molar-refractivity contribution in [1.82, 2.24) is 4.90 Å². The Morgan fingerprint density at radius 1 is 1.20 bits per heavy atom. The van der Waals surface area contributed by atoms with E-state index in [-0.39, 0.29) is 11.8 Å². The van der Waals surface area contributed by atoms with Crippen molar-refractivity contribution in [2.45, 2.75) is 25.2 Å². The predicted octanol–water partition coefficient (Wildman–Crippen LogP) is 4.22. The van der Waals surface area contributed by atoms with Crippen LogP contribution in [0, 0.1) is 24.1 Å². The molecule has 0 bridgehead atoms. The van der Waals surface area contributed by atoms with Crippen LogP contribution in [0.2, 0.25) is 0 Å². The molecule has 2 amide bonds. The van der Waals surface area contributed by atoms with Gasteiger partial charge in [0.1, 0.15) is 5.82 Å². The average Bonchev–Trinajstić information content (AvgIpc) is 2.65. The zero-order chi connectivity index (χ0) is 17.9. The van der Waals surface area contributed by atoms with Gasteiger partial charge in [-0.15, -0.1) is 0 Å². The minimum absolute atomic E-state index is 0.256. The van der Waals surface area contributed by atoms with Crippen LogP contribution in [0.15, 0.2) is 48.5 Å². The van der Waals surface area contributed by atoms with E-state index in [4.69, 9.17) is 0 Å². The topological polar surface area (TPSA) is 56.1 Å². The number of anilines is 1. The van der Waals surface area contributed by atoms with Crippen molar-refractivity contribution in [3.05, 3.63) is 65.5 Å². The number of carbonyl (C=O) groups is 1. The molecule has 4 nitrogen and oxygen atoms in total. The lowest BCUT2D eigenvalue weighted by molar-refractivity contribution is 0.183. The van der Waals surface area contributed by atoms with E-state index in [0.717, 1.165) is 11.1 Å². The Kier molecular flexibility index (Phi) is 4.71. The van der Waals surface area contributed by atoms with E-state index in [1.807, 2.05) is 37.3 Å². The number of likely N-dealkylation sites (tertiary alicyclic amines) is 1. The Balaban J connectivity index is 1.68. The number of carbonyl (C=O) groups excluding carboxylic acids is 1. The van der Waals surface area contributed by atoms with Gasteiger partial charge in [-0.25, -0.2) is 9.18 Å². The van der Waals surface area contributed by atoms with Crippen molar-refractivity contribution in [2.75, 3.05) is 18.4 Å². The van der Waals surface area contributed by atoms with Gasteiger partial charge in [-0.1, -0.05) is 36.4 Å². The highest BCUT2D eigenvalue weighted by atomic mass is 19.1. The maximum absolute atomic E-state index is 13.4. The highest BCUT2D eigenvalue weighted by Gasteiger charge is 2.37. The largest absolute Gasteiger partial charge is 0.324 e. The van der Waals surface area contributed by atoms with Gasteiger partial charge in [-0.2, -0.15) is 5.26 Å². The fourth-order valence-electron chi connectivity index (χ4n) is 3.24. The first-order valence-electron chi connectivity index (χ1n) is 8.33. The number of piperidine rings is 1. The molecule has 5 heteroatoms. The molecular formula is C20H20FN3O. The second-order valence-electron chi connectivity index (χ2n) is 6.44. The molecule has 1 fully saturated rings. The van der Waals surface area contributed by atoms with Gasteiger partial charge < -0.3 is 10.2 Å². The monoisotopic (exact) mass is 337 g/mol. The number of benzene rings is 2. The van der Waals surface area contributed by atoms with Crippen molar-refractivity contribution in [2.24, 2.45) is 0 Å². The summed E-state index contributed by atoms with van der Waals surface area (Å²) in [5.74, 6) is -0.382. The Labute approximate surface area is 146 Å². The molecule has 1 heterocycles. The summed E-state index contributed by atoms with van der Waals surface area (Å²) < 4.78 is 13.4. The van der Waals surface area contributed by atoms with Crippen LogP contribution in [-0.2, 0) is 5.41 Å². The molecule has 2 aromatic carbocycles. The zero-order valence-electron chi connectivity index (χ0n) is 14.1. The quantitative estimate of drug-likeness (QED) is 0.892. The van der Waals surface area contributed by atoms with Crippen LogP contribution in [0.25, 0.3) is 0 Å². The van der Waals surface area contributed by atoms with E-state index in [2.05, 4.69) is 11.4 Å². The van der Waals surface area contributed by atoms with E-state index >= 15 is 0 Å². The van der Waals surface area contributed by atoms with Crippen LogP contribution in [0.4, 0.5) is 14.9 Å². The average molecular weight is 337 g/mol. The van der Waals surface area contributed by atoms with Crippen LogP contribution in [0.1, 0.15) is 24.0 Å². The maximum atomic E-state index is 13.4. The Morgan fingerprint density at radius 3 is 2.52 bits per heavy atom. The second-order valence-corrected chi connectivity index (χ2v) is 6.44. The number of hydrogen-bond donors (Lipinski definition) is 1. The smallest absolute Gasteiger partial charge is 0.321 e. The van der Waals surface area contributed by atoms with E-state index in [9.17, 15) is 14.4 Å². The summed E-state index contributed by atoms with van der Waals surface area (Å²) in [5.41, 5.74) is 1.73. The summed E-state index contributed by atoms with van der Waals surface area (Å²) in [6.45, 7) is 2.80. The number of amides is 2. The normalized spacial score (nSPS) is 16.1. The highest BCUT2D eigenvalue weighted by Crippen LogP contribution is 2.35. The molecule has 0 saturated carbocycles. The first-order valence-corrected chi connectivity index (χ1v) is 8.33. The molecule has 3 rings (SSSR count). The number of urea groups is 1. The number of aryl methyl sites for hydroxylation is 1. The first kappa shape index (κ1) is 17.0. The second kappa shape index (κ2) is 6.94. The van der Waals surface area contributed by atoms with E-state index in [0.29, 0.717) is 31.6 Å². The molecule has 0 aromatic heterocycles. The summed E-state index contributed by atoms with van der Waals surface area (Å²) in [4.78, 5) is 14.2. The Hall–Kier alpha value is -2.87. The molecular weight excluding hydrogens is 317 g/mol. The molecule has 1 aliphatic rings. The van der Waals surface area contributed by atoms with Gasteiger partial charge in [-0.05, 0) is 43.0 Å². The third-order valence-corrected chi connectivity index (χ3v) is 4.89. The zero-order valence-corrected chi connectivity index (χ0v) is 14.1. The number of rotatable bonds is 2. The molecule has 0 unspecified atom stereocenters. The van der Waals surface area contributed by atoms with Crippen LogP contribution in [-0.4, -0.2) is 24.0 Å². The van der Waals surface area contributed by atoms with Gasteiger partial charge in [0, 0.05) is 18.8 Å². The van der Waals surface area contributed by atoms with Gasteiger partial charge in [0.15, 0.2) is 0 Å². The predicted molar refractivity (Wildman–Crippen MR) is 94.7 cm³/mol. The van der Waals surface area contributed by atoms with Crippen molar-refractivity contribution in [3.8, 4) is 6.07 Å². The third kappa shape index (κ3) is 3.48. The van der Waals surface area contributed by atoms with E-state index < -0.39 is 5.41 Å². The lowest BCUT2D eigenvalue weighted by Gasteiger charge is -2.37. The number of hydrogen-bond acceptors (Lipinski definition) is 2. The Bertz CT molecular complexity index is 805. The van der Waals surface area contributed by atoms with Crippen molar-refractivity contribution >= 4 is 11.7 Å². The number of halogens is 1. The van der Waals surface area contributed by atoms with Gasteiger partial charge in [0.2, 0.25) is 0 Å². The summed E-state index contributed by atoms with van der Waals surface area (Å²) in [7, 11) is 0. The Morgan fingerprint density at radius 2 is 1.88 bits per heavy atom. The van der Waals surface area contributed by atoms with Crippen LogP contribution in [0.5, 0.6) is 0 Å². The number of nitriles is 1. The lowest BCUT2D eigenvalue weighted by Crippen LogP contribution is -2.46. The summed E-state index contributed by atoms with van der Waals surface area (Å²) >= 11 is 0. The van der Waals surface area contributed by atoms with Gasteiger partial charge >= 0.3 is 6.03 Å². The van der Waals surface area contributed by atoms with Crippen molar-refractivity contribution in [3.63, 3.8) is 0 Å². The minimum Gasteiger partial charge on any atom is -0.324 e. The maximum Gasteiger partial charge on any atom is 0.321 e. The summed E-state index contributed by atoms with van der Waals surface area (Å²) in [5, 5.41) is 12.5. The molecule has 1 N–H and O–H groups in total. The van der Waals surface area contributed by atoms with Crippen molar-refractivity contribution in [1.29, 1.82) is 5.26 Å². The molecule has 128 valence electrons. The summed E-state index contributed by atoms with van der Waals surface area (Å²) in [6.07, 6.45) is 1.17. The fraction of sp³-hybridized carbons (Fsp3) is 0.300. The van der Waals surface area contributed by atoms with Crippen molar-refractivity contribution < 1.29 is 9.18 Å². The molecule has 25 heavy (non-hydrogen) atoms. The molecule has 1 saturated heterocycles. The van der Waals surface area contributed by atoms with Crippen LogP contribution >= 0.6 is 0 Å². The molecule has 0 radical (unpaired) electrons. The van der Waals surface area contributed by atoms with Gasteiger partial charge in [0.05, 0.1) is 11.5 Å². The first-order chi connectivity index (χ1) is 12.0. The number of nitrogens with zero attached hydrogens (tertiary/aromatic N) is 2. The standard InChI is InChI=1S/C20H20FN3O/c1-15-7-8-17(21)13-18(15)23-19(25)24-11-9-20(14-22,10-12-24)16-5-3-2-4-6-16/h2-8,13H,9-12H2,1H3,(H,23,25). The summed E-state index contributed by atoms with van der Waals surface area (Å²) in [6, 6.07) is 16.2. The van der Waals surface area contributed by atoms with Crippen LogP contribution in [0.3, 0.4) is 0 Å². The van der Waals surface area contributed by atoms with E-state index in [1.54, 1.807) is 11.0 Å². The van der Waals surface area contributed by atoms with Gasteiger partial charge in [0.25, 0.3) is 0 Å². The molecule has 0 aliphatic carbocycles. The highest BCUT2D eigenvalue weighted by molar-refractivity contribution is 5.90. The fourth-order valence-corrected chi connectivity index (χ4v) is 3.24. The minimum atomic E-state index is -0.549. The molecule has 2 aromatic rings. The number of nitrogens with one attached hydrogen (secondary N) is 1. The third-order valence-electron chi connectivity index (χ3n) is 4.89. The SMILES string of the molecule is Cc1ccc(F)cc1NC(=O)N1CCC(C#N)(c2ccccc2)CC1.